The second kappa shape index (κ2) is 9.78. The lowest BCUT2D eigenvalue weighted by Gasteiger charge is -2.35. The van der Waals surface area contributed by atoms with E-state index in [4.69, 9.17) is 4.74 Å². The molecule has 2 atom stereocenters. The molecule has 9 heteroatoms. The number of pyridine rings is 1. The van der Waals surface area contributed by atoms with Crippen LogP contribution in [0, 0.1) is 0 Å². The molecule has 0 spiro atoms. The molecule has 4 rings (SSSR count). The first-order valence-corrected chi connectivity index (χ1v) is 10.8. The minimum atomic E-state index is 0.0459. The van der Waals surface area contributed by atoms with Crippen molar-refractivity contribution in [3.8, 4) is 0 Å². The van der Waals surface area contributed by atoms with E-state index in [2.05, 4.69) is 25.8 Å². The lowest BCUT2D eigenvalue weighted by atomic mass is 10.1. The highest BCUT2D eigenvalue weighted by atomic mass is 16.5. The molecule has 0 saturated carbocycles. The normalized spacial score (nSPS) is 19.2. The van der Waals surface area contributed by atoms with Gasteiger partial charge in [-0.05, 0) is 43.7 Å². The molecule has 1 aromatic carbocycles. The maximum absolute atomic E-state index is 12.8. The van der Waals surface area contributed by atoms with E-state index in [0.29, 0.717) is 37.7 Å². The summed E-state index contributed by atoms with van der Waals surface area (Å²) in [6.07, 6.45) is 2.05. The number of nitrogens with one attached hydrogen (secondary N) is 2. The maximum Gasteiger partial charge on any atom is 0.254 e. The van der Waals surface area contributed by atoms with Crippen molar-refractivity contribution in [3.63, 3.8) is 0 Å². The zero-order valence-electron chi connectivity index (χ0n) is 18.7. The fourth-order valence-electron chi connectivity index (χ4n) is 3.87. The second-order valence-corrected chi connectivity index (χ2v) is 7.99. The lowest BCUT2D eigenvalue weighted by Crippen LogP contribution is -2.48. The Bertz CT molecular complexity index is 1080. The van der Waals surface area contributed by atoms with Gasteiger partial charge in [-0.1, -0.05) is 18.2 Å². The molecule has 0 bridgehead atoms. The number of fused-ring (bicyclic) bond motifs is 1. The molecule has 9 nitrogen and oxygen atoms in total. The van der Waals surface area contributed by atoms with Crippen molar-refractivity contribution < 1.29 is 9.53 Å². The van der Waals surface area contributed by atoms with E-state index in [1.165, 1.54) is 0 Å². The summed E-state index contributed by atoms with van der Waals surface area (Å²) in [5.74, 6) is 1.51. The van der Waals surface area contributed by atoms with Gasteiger partial charge in [0.1, 0.15) is 0 Å². The van der Waals surface area contributed by atoms with Crippen LogP contribution in [0.5, 0.6) is 0 Å². The average molecular weight is 436 g/mol. The third-order valence-corrected chi connectivity index (χ3v) is 5.39. The molecule has 32 heavy (non-hydrogen) atoms. The highest BCUT2D eigenvalue weighted by Crippen LogP contribution is 2.15. The third-order valence-electron chi connectivity index (χ3n) is 5.39. The molecule has 1 aliphatic rings. The summed E-state index contributed by atoms with van der Waals surface area (Å²) in [6, 6.07) is 13.5. The quantitative estimate of drug-likeness (QED) is 0.469. The van der Waals surface area contributed by atoms with E-state index in [1.54, 1.807) is 7.05 Å². The van der Waals surface area contributed by atoms with Crippen molar-refractivity contribution in [3.05, 3.63) is 65.6 Å². The predicted molar refractivity (Wildman–Crippen MR) is 122 cm³/mol. The number of carbonyl (C=O) groups excluding carboxylic acids is 1. The van der Waals surface area contributed by atoms with Crippen molar-refractivity contribution in [1.82, 2.24) is 30.1 Å². The number of aliphatic imine (C=N–C) groups is 1. The minimum absolute atomic E-state index is 0.0459. The van der Waals surface area contributed by atoms with Crippen LogP contribution in [-0.2, 0) is 17.8 Å². The number of carbonyl (C=O) groups is 1. The first-order chi connectivity index (χ1) is 15.5. The molecular formula is C23H29N7O2. The van der Waals surface area contributed by atoms with Crippen LogP contribution in [-0.4, -0.2) is 63.7 Å². The highest BCUT2D eigenvalue weighted by molar-refractivity contribution is 5.94. The summed E-state index contributed by atoms with van der Waals surface area (Å²) >= 11 is 0. The maximum atomic E-state index is 12.8. The van der Waals surface area contributed by atoms with Gasteiger partial charge in [0.25, 0.3) is 5.91 Å². The van der Waals surface area contributed by atoms with Gasteiger partial charge in [-0.15, -0.1) is 10.2 Å². The molecule has 1 fully saturated rings. The van der Waals surface area contributed by atoms with Crippen LogP contribution in [0.25, 0.3) is 5.65 Å². The highest BCUT2D eigenvalue weighted by Gasteiger charge is 2.26. The van der Waals surface area contributed by atoms with Crippen LogP contribution in [0.1, 0.15) is 35.6 Å². The summed E-state index contributed by atoms with van der Waals surface area (Å²) in [4.78, 5) is 19.0. The van der Waals surface area contributed by atoms with E-state index in [-0.39, 0.29) is 18.1 Å². The fraction of sp³-hybridized carbons (Fsp3) is 0.391. The molecule has 2 aromatic heterocycles. The fourth-order valence-corrected chi connectivity index (χ4v) is 3.87. The van der Waals surface area contributed by atoms with Gasteiger partial charge in [-0.25, -0.2) is 0 Å². The zero-order valence-corrected chi connectivity index (χ0v) is 18.7. The largest absolute Gasteiger partial charge is 0.372 e. The number of ether oxygens (including phenoxy) is 1. The molecule has 1 amide bonds. The molecule has 2 unspecified atom stereocenters. The van der Waals surface area contributed by atoms with Gasteiger partial charge >= 0.3 is 0 Å². The SMILES string of the molecule is CN=C(NCc1ccc(C(=O)N2CC(C)OC(C)C2)cc1)NCc1nnc2ccccn12. The Balaban J connectivity index is 1.30. The number of hydrogen-bond donors (Lipinski definition) is 2. The Morgan fingerprint density at radius 1 is 1.06 bits per heavy atom. The van der Waals surface area contributed by atoms with Gasteiger partial charge in [0.2, 0.25) is 0 Å². The Hall–Kier alpha value is -3.46. The third kappa shape index (κ3) is 5.05. The van der Waals surface area contributed by atoms with Crippen molar-refractivity contribution in [2.45, 2.75) is 39.1 Å². The Morgan fingerprint density at radius 2 is 1.78 bits per heavy atom. The molecule has 0 aliphatic carbocycles. The molecule has 1 aliphatic heterocycles. The summed E-state index contributed by atoms with van der Waals surface area (Å²) in [5, 5.41) is 14.9. The number of rotatable bonds is 5. The Labute approximate surface area is 187 Å². The van der Waals surface area contributed by atoms with Crippen LogP contribution >= 0.6 is 0 Å². The summed E-state index contributed by atoms with van der Waals surface area (Å²) in [7, 11) is 1.73. The first kappa shape index (κ1) is 21.8. The number of morpholine rings is 1. The van der Waals surface area contributed by atoms with E-state index in [1.807, 2.05) is 71.8 Å². The Morgan fingerprint density at radius 3 is 2.50 bits per heavy atom. The number of benzene rings is 1. The van der Waals surface area contributed by atoms with Crippen molar-refractivity contribution in [2.24, 2.45) is 4.99 Å². The number of aromatic nitrogens is 3. The molecule has 3 heterocycles. The van der Waals surface area contributed by atoms with Crippen LogP contribution in [0.15, 0.2) is 53.7 Å². The van der Waals surface area contributed by atoms with Gasteiger partial charge in [0.05, 0.1) is 18.8 Å². The molecule has 0 radical (unpaired) electrons. The second-order valence-electron chi connectivity index (χ2n) is 7.99. The summed E-state index contributed by atoms with van der Waals surface area (Å²) in [6.45, 7) is 6.31. The van der Waals surface area contributed by atoms with Gasteiger partial charge in [0.15, 0.2) is 17.4 Å². The molecule has 168 valence electrons. The van der Waals surface area contributed by atoms with Crippen LogP contribution in [0.4, 0.5) is 0 Å². The van der Waals surface area contributed by atoms with E-state index >= 15 is 0 Å². The molecular weight excluding hydrogens is 406 g/mol. The van der Waals surface area contributed by atoms with Gasteiger partial charge in [0, 0.05) is 38.4 Å². The van der Waals surface area contributed by atoms with Gasteiger partial charge in [-0.2, -0.15) is 0 Å². The van der Waals surface area contributed by atoms with Gasteiger partial charge < -0.3 is 20.3 Å². The summed E-state index contributed by atoms with van der Waals surface area (Å²) < 4.78 is 7.66. The van der Waals surface area contributed by atoms with E-state index in [9.17, 15) is 4.79 Å². The number of hydrogen-bond acceptors (Lipinski definition) is 5. The average Bonchev–Trinajstić information content (AvgIpc) is 3.21. The Kier molecular flexibility index (Phi) is 6.65. The van der Waals surface area contributed by atoms with Crippen LogP contribution in [0.2, 0.25) is 0 Å². The molecule has 3 aromatic rings. The van der Waals surface area contributed by atoms with Crippen molar-refractivity contribution in [2.75, 3.05) is 20.1 Å². The molecule has 2 N–H and O–H groups in total. The lowest BCUT2D eigenvalue weighted by molar-refractivity contribution is -0.0586. The van der Waals surface area contributed by atoms with E-state index in [0.717, 1.165) is 17.0 Å². The van der Waals surface area contributed by atoms with E-state index < -0.39 is 0 Å². The standard InChI is InChI=1S/C23H29N7O2/c1-16-14-29(15-17(2)32-16)22(31)19-9-7-18(8-10-19)12-25-23(24-3)26-13-21-28-27-20-6-4-5-11-30(20)21/h4-11,16-17H,12-15H2,1-3H3,(H2,24,25,26). The molecule has 1 saturated heterocycles. The first-order valence-electron chi connectivity index (χ1n) is 10.8. The number of guanidine groups is 1. The number of amides is 1. The monoisotopic (exact) mass is 435 g/mol. The van der Waals surface area contributed by atoms with Crippen LogP contribution < -0.4 is 10.6 Å². The summed E-state index contributed by atoms with van der Waals surface area (Å²) in [5.41, 5.74) is 2.56. The predicted octanol–water partition coefficient (Wildman–Crippen LogP) is 1.84. The van der Waals surface area contributed by atoms with Crippen molar-refractivity contribution >= 4 is 17.5 Å². The van der Waals surface area contributed by atoms with Crippen LogP contribution in [0.3, 0.4) is 0 Å². The minimum Gasteiger partial charge on any atom is -0.372 e. The van der Waals surface area contributed by atoms with Gasteiger partial charge in [-0.3, -0.25) is 14.2 Å². The number of nitrogens with zero attached hydrogens (tertiary/aromatic N) is 5. The zero-order chi connectivity index (χ0) is 22.5. The van der Waals surface area contributed by atoms with Crippen molar-refractivity contribution in [1.29, 1.82) is 0 Å². The smallest absolute Gasteiger partial charge is 0.254 e. The topological polar surface area (TPSA) is 96.2 Å².